The summed E-state index contributed by atoms with van der Waals surface area (Å²) in [7, 11) is -3.60. The van der Waals surface area contributed by atoms with Crippen molar-refractivity contribution in [3.8, 4) is 0 Å². The molecule has 2 heterocycles. The molecule has 8 nitrogen and oxygen atoms in total. The molecule has 162 valence electrons. The minimum absolute atomic E-state index is 0.145. The number of hydrogen-bond donors (Lipinski definition) is 1. The van der Waals surface area contributed by atoms with Crippen LogP contribution in [0.3, 0.4) is 0 Å². The van der Waals surface area contributed by atoms with Crippen LogP contribution in [0.2, 0.25) is 5.02 Å². The monoisotopic (exact) mass is 478 g/mol. The summed E-state index contributed by atoms with van der Waals surface area (Å²) in [5.74, 6) is -0.385. The van der Waals surface area contributed by atoms with Gasteiger partial charge in [-0.25, -0.2) is 8.42 Å². The third kappa shape index (κ3) is 5.28. The fourth-order valence-electron chi connectivity index (χ4n) is 3.04. The molecule has 1 aliphatic rings. The molecule has 0 aliphatic carbocycles. The third-order valence-corrected chi connectivity index (χ3v) is 7.68. The van der Waals surface area contributed by atoms with E-state index in [1.165, 1.54) is 39.9 Å². The van der Waals surface area contributed by atoms with Crippen LogP contribution >= 0.6 is 22.9 Å². The average Bonchev–Trinajstić information content (AvgIpc) is 3.22. The summed E-state index contributed by atoms with van der Waals surface area (Å²) in [6.07, 6.45) is 0.582. The number of anilines is 1. The number of halogens is 1. The molecular weight excluding hydrogens is 460 g/mol. The predicted molar refractivity (Wildman–Crippen MR) is 118 cm³/mol. The first-order valence-corrected chi connectivity index (χ1v) is 12.1. The number of carbonyl (C=O) groups excluding carboxylic acids is 1. The molecule has 0 spiro atoms. The number of benzene rings is 2. The molecule has 3 aromatic rings. The van der Waals surface area contributed by atoms with Crippen molar-refractivity contribution in [2.45, 2.75) is 11.3 Å². The number of hydrogen-bond acceptors (Lipinski definition) is 7. The van der Waals surface area contributed by atoms with Gasteiger partial charge in [0, 0.05) is 30.1 Å². The molecule has 31 heavy (non-hydrogen) atoms. The van der Waals surface area contributed by atoms with E-state index >= 15 is 0 Å². The summed E-state index contributed by atoms with van der Waals surface area (Å²) in [5, 5.41) is 12.6. The van der Waals surface area contributed by atoms with Gasteiger partial charge in [-0.1, -0.05) is 35.1 Å². The summed E-state index contributed by atoms with van der Waals surface area (Å²) in [4.78, 5) is 12.7. The zero-order chi connectivity index (χ0) is 21.8. The first-order chi connectivity index (χ1) is 14.9. The lowest BCUT2D eigenvalue weighted by Crippen LogP contribution is -2.40. The molecule has 11 heteroatoms. The van der Waals surface area contributed by atoms with E-state index in [2.05, 4.69) is 15.5 Å². The fourth-order valence-corrected chi connectivity index (χ4v) is 5.34. The highest BCUT2D eigenvalue weighted by atomic mass is 35.5. The number of rotatable bonds is 6. The molecule has 1 fully saturated rings. The van der Waals surface area contributed by atoms with E-state index in [0.29, 0.717) is 48.4 Å². The van der Waals surface area contributed by atoms with Gasteiger partial charge in [0.25, 0.3) is 5.91 Å². The van der Waals surface area contributed by atoms with Gasteiger partial charge < -0.3 is 4.74 Å². The Kier molecular flexibility index (Phi) is 6.63. The molecule has 1 aliphatic heterocycles. The number of sulfonamides is 1. The molecule has 0 saturated carbocycles. The Morgan fingerprint density at radius 3 is 2.42 bits per heavy atom. The highest BCUT2D eigenvalue weighted by molar-refractivity contribution is 7.89. The Labute approximate surface area is 188 Å². The van der Waals surface area contributed by atoms with E-state index in [1.54, 1.807) is 0 Å². The molecule has 0 radical (unpaired) electrons. The number of amides is 1. The molecule has 0 bridgehead atoms. The van der Waals surface area contributed by atoms with Crippen LogP contribution in [-0.4, -0.2) is 55.1 Å². The number of morpholine rings is 1. The molecule has 0 atom stereocenters. The van der Waals surface area contributed by atoms with Gasteiger partial charge in [-0.15, -0.1) is 10.2 Å². The maximum absolute atomic E-state index is 12.7. The van der Waals surface area contributed by atoms with Crippen molar-refractivity contribution in [3.05, 3.63) is 69.7 Å². The van der Waals surface area contributed by atoms with Crippen LogP contribution in [0.15, 0.2) is 53.4 Å². The summed E-state index contributed by atoms with van der Waals surface area (Å²) in [6.45, 7) is 1.39. The second-order valence-corrected chi connectivity index (χ2v) is 10.2. The Balaban J connectivity index is 1.40. The standard InChI is InChI=1S/C20H19ClN4O4S2/c21-16-5-1-14(2-6-16)13-18-23-24-20(30-18)22-19(26)15-3-7-17(8-4-15)31(27,28)25-9-11-29-12-10-25/h1-8H,9-13H2,(H,22,24,26). The van der Waals surface area contributed by atoms with E-state index in [9.17, 15) is 13.2 Å². The zero-order valence-electron chi connectivity index (χ0n) is 16.3. The zero-order valence-corrected chi connectivity index (χ0v) is 18.7. The van der Waals surface area contributed by atoms with Gasteiger partial charge in [0.05, 0.1) is 18.1 Å². The van der Waals surface area contributed by atoms with E-state index in [-0.39, 0.29) is 10.8 Å². The van der Waals surface area contributed by atoms with Crippen LogP contribution in [0.1, 0.15) is 20.9 Å². The Morgan fingerprint density at radius 1 is 1.06 bits per heavy atom. The van der Waals surface area contributed by atoms with Crippen LogP contribution < -0.4 is 5.32 Å². The average molecular weight is 479 g/mol. The highest BCUT2D eigenvalue weighted by Gasteiger charge is 2.26. The van der Waals surface area contributed by atoms with E-state index in [1.807, 2.05) is 24.3 Å². The van der Waals surface area contributed by atoms with Crippen molar-refractivity contribution in [3.63, 3.8) is 0 Å². The number of nitrogens with one attached hydrogen (secondary N) is 1. The Morgan fingerprint density at radius 2 is 1.74 bits per heavy atom. The summed E-state index contributed by atoms with van der Waals surface area (Å²) < 4.78 is 31.9. The number of carbonyl (C=O) groups is 1. The molecule has 4 rings (SSSR count). The molecule has 2 aromatic carbocycles. The first kappa shape index (κ1) is 21.8. The van der Waals surface area contributed by atoms with E-state index < -0.39 is 10.0 Å². The number of nitrogens with zero attached hydrogens (tertiary/aromatic N) is 3. The van der Waals surface area contributed by atoms with Gasteiger partial charge in [-0.3, -0.25) is 10.1 Å². The normalized spacial score (nSPS) is 15.0. The fraction of sp³-hybridized carbons (Fsp3) is 0.250. The van der Waals surface area contributed by atoms with E-state index in [0.717, 1.165) is 10.6 Å². The lowest BCUT2D eigenvalue weighted by molar-refractivity contribution is 0.0730. The topological polar surface area (TPSA) is 101 Å². The van der Waals surface area contributed by atoms with Crippen LogP contribution in [0.25, 0.3) is 0 Å². The Bertz CT molecular complexity index is 1160. The largest absolute Gasteiger partial charge is 0.379 e. The van der Waals surface area contributed by atoms with Crippen LogP contribution in [0.4, 0.5) is 5.13 Å². The SMILES string of the molecule is O=C(Nc1nnc(Cc2ccc(Cl)cc2)s1)c1ccc(S(=O)(=O)N2CCOCC2)cc1. The molecule has 1 saturated heterocycles. The van der Waals surface area contributed by atoms with Crippen molar-refractivity contribution in [2.24, 2.45) is 0 Å². The minimum atomic E-state index is -3.60. The van der Waals surface area contributed by atoms with Gasteiger partial charge >= 0.3 is 0 Å². The quantitative estimate of drug-likeness (QED) is 0.584. The lowest BCUT2D eigenvalue weighted by Gasteiger charge is -2.26. The summed E-state index contributed by atoms with van der Waals surface area (Å²) in [5.41, 5.74) is 1.37. The summed E-state index contributed by atoms with van der Waals surface area (Å²) >= 11 is 7.17. The minimum Gasteiger partial charge on any atom is -0.379 e. The maximum atomic E-state index is 12.7. The predicted octanol–water partition coefficient (Wildman–Crippen LogP) is 3.06. The maximum Gasteiger partial charge on any atom is 0.257 e. The van der Waals surface area contributed by atoms with Gasteiger partial charge in [-0.05, 0) is 42.0 Å². The van der Waals surface area contributed by atoms with Gasteiger partial charge in [0.2, 0.25) is 15.2 Å². The van der Waals surface area contributed by atoms with E-state index in [4.69, 9.17) is 16.3 Å². The molecule has 1 amide bonds. The lowest BCUT2D eigenvalue weighted by atomic mass is 10.2. The molecular formula is C20H19ClN4O4S2. The molecule has 0 unspecified atom stereocenters. The number of ether oxygens (including phenoxy) is 1. The van der Waals surface area contributed by atoms with Gasteiger partial charge in [-0.2, -0.15) is 4.31 Å². The second-order valence-electron chi connectivity index (χ2n) is 6.80. The van der Waals surface area contributed by atoms with Gasteiger partial charge in [0.1, 0.15) is 5.01 Å². The van der Waals surface area contributed by atoms with Crippen molar-refractivity contribution in [1.82, 2.24) is 14.5 Å². The summed E-state index contributed by atoms with van der Waals surface area (Å²) in [6, 6.07) is 13.3. The number of aromatic nitrogens is 2. The molecule has 1 aromatic heterocycles. The smallest absolute Gasteiger partial charge is 0.257 e. The molecule has 1 N–H and O–H groups in total. The Hall–Kier alpha value is -2.37. The van der Waals surface area contributed by atoms with Crippen molar-refractivity contribution in [2.75, 3.05) is 31.6 Å². The van der Waals surface area contributed by atoms with Crippen molar-refractivity contribution < 1.29 is 17.9 Å². The van der Waals surface area contributed by atoms with Gasteiger partial charge in [0.15, 0.2) is 0 Å². The first-order valence-electron chi connectivity index (χ1n) is 9.48. The van der Waals surface area contributed by atoms with Crippen molar-refractivity contribution in [1.29, 1.82) is 0 Å². The van der Waals surface area contributed by atoms with Crippen LogP contribution in [0, 0.1) is 0 Å². The van der Waals surface area contributed by atoms with Crippen LogP contribution in [-0.2, 0) is 21.2 Å². The van der Waals surface area contributed by atoms with Crippen molar-refractivity contribution >= 4 is 44.0 Å². The second kappa shape index (κ2) is 9.41. The third-order valence-electron chi connectivity index (χ3n) is 4.68. The highest BCUT2D eigenvalue weighted by Crippen LogP contribution is 2.21. The van der Waals surface area contributed by atoms with Crippen LogP contribution in [0.5, 0.6) is 0 Å².